The molecule has 0 aliphatic rings. The lowest BCUT2D eigenvalue weighted by molar-refractivity contribution is -0.0991. The van der Waals surface area contributed by atoms with Gasteiger partial charge in [-0.1, -0.05) is 0 Å². The van der Waals surface area contributed by atoms with Crippen LogP contribution < -0.4 is 0 Å². The first-order valence-electron chi connectivity index (χ1n) is 4.47. The van der Waals surface area contributed by atoms with Crippen LogP contribution in [0.15, 0.2) is 0 Å². The summed E-state index contributed by atoms with van der Waals surface area (Å²) in [6.07, 6.45) is -3.40. The number of ether oxygens (including phenoxy) is 3. The molecule has 3 N–H and O–H groups in total. The van der Waals surface area contributed by atoms with Crippen molar-refractivity contribution in [1.29, 1.82) is 0 Å². The molecule has 0 aromatic carbocycles. The molecule has 0 amide bonds. The van der Waals surface area contributed by atoms with Gasteiger partial charge in [-0.3, -0.25) is 0 Å². The molecule has 2 atom stereocenters. The second kappa shape index (κ2) is 11.8. The topological polar surface area (TPSA) is 88.4 Å². The smallest absolute Gasteiger partial charge is 0.110 e. The Bertz CT molecular complexity index is 109. The standard InChI is InChI=1S/C7H16O5.C2H6O/c1-11-3-5(8)7(10)6(9)4-12-2;1-3-2/h5-10H,3-4H2,1-2H3;1-2H3. The van der Waals surface area contributed by atoms with Gasteiger partial charge in [0.2, 0.25) is 0 Å². The summed E-state index contributed by atoms with van der Waals surface area (Å²) in [5.41, 5.74) is 0. The van der Waals surface area contributed by atoms with Crippen LogP contribution in [0.4, 0.5) is 0 Å². The molecule has 0 aliphatic carbocycles. The highest BCUT2D eigenvalue weighted by Crippen LogP contribution is 2.00. The maximum Gasteiger partial charge on any atom is 0.110 e. The van der Waals surface area contributed by atoms with Gasteiger partial charge in [0.05, 0.1) is 13.2 Å². The van der Waals surface area contributed by atoms with Crippen LogP contribution in [0.25, 0.3) is 0 Å². The quantitative estimate of drug-likeness (QED) is 0.517. The molecule has 0 aromatic rings. The van der Waals surface area contributed by atoms with E-state index in [0.29, 0.717) is 0 Å². The van der Waals surface area contributed by atoms with E-state index in [1.165, 1.54) is 14.2 Å². The van der Waals surface area contributed by atoms with Gasteiger partial charge in [0.15, 0.2) is 0 Å². The molecule has 0 spiro atoms. The molecule has 0 saturated heterocycles. The van der Waals surface area contributed by atoms with Gasteiger partial charge in [-0.25, -0.2) is 0 Å². The van der Waals surface area contributed by atoms with E-state index in [4.69, 9.17) is 10.2 Å². The largest absolute Gasteiger partial charge is 0.388 e. The van der Waals surface area contributed by atoms with Gasteiger partial charge >= 0.3 is 0 Å². The van der Waals surface area contributed by atoms with E-state index in [9.17, 15) is 5.11 Å². The average molecular weight is 226 g/mol. The molecule has 6 heteroatoms. The van der Waals surface area contributed by atoms with Crippen LogP contribution in [0.2, 0.25) is 0 Å². The Labute approximate surface area is 90.4 Å². The average Bonchev–Trinajstić information content (AvgIpc) is 2.18. The maximum absolute atomic E-state index is 9.19. The molecular weight excluding hydrogens is 204 g/mol. The first-order chi connectivity index (χ1) is 7.04. The van der Waals surface area contributed by atoms with Crippen LogP contribution in [0.3, 0.4) is 0 Å². The molecular formula is C9H22O6. The minimum atomic E-state index is -1.23. The van der Waals surface area contributed by atoms with Crippen LogP contribution in [0.1, 0.15) is 0 Å². The third-order valence-corrected chi connectivity index (χ3v) is 1.46. The molecule has 2 unspecified atom stereocenters. The maximum atomic E-state index is 9.19. The lowest BCUT2D eigenvalue weighted by Crippen LogP contribution is -2.42. The van der Waals surface area contributed by atoms with E-state index >= 15 is 0 Å². The molecule has 0 radical (unpaired) electrons. The zero-order chi connectivity index (χ0) is 12.3. The second-order valence-electron chi connectivity index (χ2n) is 2.94. The van der Waals surface area contributed by atoms with E-state index in [0.717, 1.165) is 0 Å². The third-order valence-electron chi connectivity index (χ3n) is 1.46. The van der Waals surface area contributed by atoms with Crippen molar-refractivity contribution in [2.45, 2.75) is 18.3 Å². The summed E-state index contributed by atoms with van der Waals surface area (Å²) in [5, 5.41) is 27.4. The minimum absolute atomic E-state index is 0.0120. The molecule has 0 aliphatic heterocycles. The van der Waals surface area contributed by atoms with Crippen molar-refractivity contribution in [1.82, 2.24) is 0 Å². The fourth-order valence-corrected chi connectivity index (χ4v) is 0.795. The molecule has 0 saturated carbocycles. The van der Waals surface area contributed by atoms with E-state index in [2.05, 4.69) is 14.2 Å². The molecule has 0 aromatic heterocycles. The molecule has 0 bridgehead atoms. The Hall–Kier alpha value is -0.240. The number of aliphatic hydroxyl groups is 3. The van der Waals surface area contributed by atoms with Crippen molar-refractivity contribution in [2.24, 2.45) is 0 Å². The fourth-order valence-electron chi connectivity index (χ4n) is 0.795. The summed E-state index contributed by atoms with van der Waals surface area (Å²) in [7, 11) is 6.05. The number of rotatable bonds is 6. The van der Waals surface area contributed by atoms with E-state index < -0.39 is 18.3 Å². The molecule has 0 rings (SSSR count). The second-order valence-corrected chi connectivity index (χ2v) is 2.94. The molecule has 94 valence electrons. The van der Waals surface area contributed by atoms with Crippen LogP contribution >= 0.6 is 0 Å². The summed E-state index contributed by atoms with van der Waals surface area (Å²) in [6, 6.07) is 0. The Balaban J connectivity index is 0. The Kier molecular flexibility index (Phi) is 13.5. The predicted octanol–water partition coefficient (Wildman–Crippen LogP) is -1.38. The zero-order valence-corrected chi connectivity index (χ0v) is 9.71. The highest BCUT2D eigenvalue weighted by atomic mass is 16.5. The van der Waals surface area contributed by atoms with Crippen molar-refractivity contribution >= 4 is 0 Å². The first kappa shape index (κ1) is 17.2. The SMILES string of the molecule is COC.COCC(O)C(O)C(O)COC. The summed E-state index contributed by atoms with van der Waals surface area (Å²) in [6.45, 7) is -0.0239. The minimum Gasteiger partial charge on any atom is -0.388 e. The highest BCUT2D eigenvalue weighted by Gasteiger charge is 2.24. The van der Waals surface area contributed by atoms with Gasteiger partial charge in [-0.15, -0.1) is 0 Å². The molecule has 0 fully saturated rings. The highest BCUT2D eigenvalue weighted by molar-refractivity contribution is 4.74. The molecule has 15 heavy (non-hydrogen) atoms. The number of methoxy groups -OCH3 is 3. The summed E-state index contributed by atoms with van der Waals surface area (Å²) in [4.78, 5) is 0. The van der Waals surface area contributed by atoms with Gasteiger partial charge in [0.1, 0.15) is 18.3 Å². The van der Waals surface area contributed by atoms with Crippen molar-refractivity contribution in [2.75, 3.05) is 41.7 Å². The van der Waals surface area contributed by atoms with Crippen LogP contribution in [0.5, 0.6) is 0 Å². The lowest BCUT2D eigenvalue weighted by atomic mass is 10.1. The molecule has 6 nitrogen and oxygen atoms in total. The first-order valence-corrected chi connectivity index (χ1v) is 4.47. The number of aliphatic hydroxyl groups excluding tert-OH is 3. The van der Waals surface area contributed by atoms with E-state index in [1.807, 2.05) is 0 Å². The van der Waals surface area contributed by atoms with Crippen LogP contribution in [-0.2, 0) is 14.2 Å². The third kappa shape index (κ3) is 10.1. The van der Waals surface area contributed by atoms with Gasteiger partial charge in [-0.2, -0.15) is 0 Å². The van der Waals surface area contributed by atoms with E-state index in [1.54, 1.807) is 14.2 Å². The van der Waals surface area contributed by atoms with Gasteiger partial charge in [0.25, 0.3) is 0 Å². The summed E-state index contributed by atoms with van der Waals surface area (Å²) >= 11 is 0. The van der Waals surface area contributed by atoms with Crippen molar-refractivity contribution in [3.05, 3.63) is 0 Å². The monoisotopic (exact) mass is 226 g/mol. The van der Waals surface area contributed by atoms with Crippen LogP contribution in [0, 0.1) is 0 Å². The summed E-state index contributed by atoms with van der Waals surface area (Å²) in [5.74, 6) is 0. The van der Waals surface area contributed by atoms with Gasteiger partial charge in [0, 0.05) is 28.4 Å². The Morgan fingerprint density at radius 2 is 1.07 bits per heavy atom. The predicted molar refractivity (Wildman–Crippen MR) is 54.7 cm³/mol. The number of hydrogen-bond acceptors (Lipinski definition) is 6. The number of hydrogen-bond donors (Lipinski definition) is 3. The molecule has 0 heterocycles. The van der Waals surface area contributed by atoms with E-state index in [-0.39, 0.29) is 13.2 Å². The summed E-state index contributed by atoms with van der Waals surface area (Å²) < 4.78 is 13.4. The van der Waals surface area contributed by atoms with Gasteiger partial charge < -0.3 is 29.5 Å². The zero-order valence-electron chi connectivity index (χ0n) is 9.71. The lowest BCUT2D eigenvalue weighted by Gasteiger charge is -2.21. The Morgan fingerprint density at radius 1 is 0.800 bits per heavy atom. The van der Waals surface area contributed by atoms with Crippen LogP contribution in [-0.4, -0.2) is 75.3 Å². The van der Waals surface area contributed by atoms with Crippen molar-refractivity contribution in [3.8, 4) is 0 Å². The normalized spacial score (nSPS) is 16.2. The van der Waals surface area contributed by atoms with Crippen molar-refractivity contribution < 1.29 is 29.5 Å². The Morgan fingerprint density at radius 3 is 1.27 bits per heavy atom. The van der Waals surface area contributed by atoms with Gasteiger partial charge in [-0.05, 0) is 0 Å². The van der Waals surface area contributed by atoms with Crippen molar-refractivity contribution in [3.63, 3.8) is 0 Å². The fraction of sp³-hybridized carbons (Fsp3) is 1.00.